The van der Waals surface area contributed by atoms with Gasteiger partial charge < -0.3 is 10.1 Å². The molecule has 0 spiro atoms. The molecular weight excluding hydrogens is 246 g/mol. The number of nitrogens with one attached hydrogen (secondary N) is 1. The van der Waals surface area contributed by atoms with Gasteiger partial charge in [0.1, 0.15) is 0 Å². The molecule has 0 saturated heterocycles. The Morgan fingerprint density at radius 3 is 2.75 bits per heavy atom. The Labute approximate surface area is 125 Å². The summed E-state index contributed by atoms with van der Waals surface area (Å²) >= 11 is 0. The molecule has 0 aromatic carbocycles. The molecule has 0 aliphatic heterocycles. The van der Waals surface area contributed by atoms with Gasteiger partial charge in [0.25, 0.3) is 0 Å². The Hall–Kier alpha value is -0.340. The van der Waals surface area contributed by atoms with Crippen LogP contribution in [0.25, 0.3) is 0 Å². The van der Waals surface area contributed by atoms with Gasteiger partial charge in [0.2, 0.25) is 0 Å². The highest BCUT2D eigenvalue weighted by Crippen LogP contribution is 2.40. The molecule has 116 valence electrons. The van der Waals surface area contributed by atoms with Crippen LogP contribution in [-0.2, 0) is 4.74 Å². The van der Waals surface area contributed by atoms with Gasteiger partial charge in [0, 0.05) is 7.11 Å². The lowest BCUT2D eigenvalue weighted by Gasteiger charge is -2.45. The Balaban J connectivity index is 2.19. The second-order valence-corrected chi connectivity index (χ2v) is 6.92. The first-order chi connectivity index (χ1) is 9.72. The fourth-order valence-corrected chi connectivity index (χ4v) is 4.37. The highest BCUT2D eigenvalue weighted by atomic mass is 16.5. The molecule has 0 amide bonds. The van der Waals surface area contributed by atoms with Gasteiger partial charge in [0.15, 0.2) is 0 Å². The molecule has 3 unspecified atom stereocenters. The lowest BCUT2D eigenvalue weighted by Crippen LogP contribution is -2.54. The van der Waals surface area contributed by atoms with Gasteiger partial charge in [0.05, 0.1) is 11.6 Å². The first-order valence-corrected chi connectivity index (χ1v) is 8.63. The third-order valence-electron chi connectivity index (χ3n) is 5.41. The summed E-state index contributed by atoms with van der Waals surface area (Å²) in [5.74, 6) is 0.786. The van der Waals surface area contributed by atoms with Crippen molar-refractivity contribution in [2.45, 2.75) is 82.8 Å². The van der Waals surface area contributed by atoms with E-state index in [2.05, 4.69) is 25.4 Å². The zero-order valence-electron chi connectivity index (χ0n) is 13.7. The molecule has 2 heteroatoms. The van der Waals surface area contributed by atoms with Gasteiger partial charge in [-0.25, -0.2) is 0 Å². The van der Waals surface area contributed by atoms with Crippen LogP contribution in [0, 0.1) is 5.92 Å². The maximum Gasteiger partial charge on any atom is 0.0871 e. The predicted molar refractivity (Wildman–Crippen MR) is 86.0 cm³/mol. The van der Waals surface area contributed by atoms with Crippen molar-refractivity contribution in [1.82, 2.24) is 5.32 Å². The van der Waals surface area contributed by atoms with Gasteiger partial charge in [-0.1, -0.05) is 44.3 Å². The second kappa shape index (κ2) is 7.61. The van der Waals surface area contributed by atoms with Crippen LogP contribution >= 0.6 is 0 Å². The summed E-state index contributed by atoms with van der Waals surface area (Å²) in [6, 6.07) is 0.411. The minimum atomic E-state index is 0.0252. The highest BCUT2D eigenvalue weighted by Gasteiger charge is 2.42. The summed E-state index contributed by atoms with van der Waals surface area (Å²) in [5, 5.41) is 3.61. The van der Waals surface area contributed by atoms with Crippen molar-refractivity contribution < 1.29 is 4.74 Å². The lowest BCUT2D eigenvalue weighted by molar-refractivity contribution is -0.0701. The summed E-state index contributed by atoms with van der Waals surface area (Å²) in [7, 11) is 4.04. The molecular formula is C18H33NO. The standard InChI is InChI=1S/C18H33NO/c1-15-10-9-13-18(14-15,20-3)17(19-2)16-11-7-5-4-6-8-12-16/h11,15,17,19H,4-10,12-14H2,1-3H3. The van der Waals surface area contributed by atoms with E-state index in [4.69, 9.17) is 4.74 Å². The topological polar surface area (TPSA) is 21.3 Å². The van der Waals surface area contributed by atoms with Crippen molar-refractivity contribution in [3.8, 4) is 0 Å². The van der Waals surface area contributed by atoms with E-state index in [0.29, 0.717) is 6.04 Å². The van der Waals surface area contributed by atoms with Crippen LogP contribution in [0.15, 0.2) is 11.6 Å². The van der Waals surface area contributed by atoms with Gasteiger partial charge in [-0.2, -0.15) is 0 Å². The number of hydrogen-bond donors (Lipinski definition) is 1. The lowest BCUT2D eigenvalue weighted by atomic mass is 9.71. The van der Waals surface area contributed by atoms with Gasteiger partial charge >= 0.3 is 0 Å². The van der Waals surface area contributed by atoms with E-state index < -0.39 is 0 Å². The molecule has 0 bridgehead atoms. The molecule has 20 heavy (non-hydrogen) atoms. The zero-order valence-corrected chi connectivity index (χ0v) is 13.7. The minimum absolute atomic E-state index is 0.0252. The molecule has 0 radical (unpaired) electrons. The van der Waals surface area contributed by atoms with E-state index in [1.54, 1.807) is 5.57 Å². The van der Waals surface area contributed by atoms with Crippen LogP contribution in [0.4, 0.5) is 0 Å². The van der Waals surface area contributed by atoms with Crippen molar-refractivity contribution in [1.29, 1.82) is 0 Å². The monoisotopic (exact) mass is 279 g/mol. The van der Waals surface area contributed by atoms with Crippen LogP contribution in [0.2, 0.25) is 0 Å². The Morgan fingerprint density at radius 2 is 2.05 bits per heavy atom. The van der Waals surface area contributed by atoms with Crippen molar-refractivity contribution in [2.24, 2.45) is 5.92 Å². The number of hydrogen-bond acceptors (Lipinski definition) is 2. The number of likely N-dealkylation sites (N-methyl/N-ethyl adjacent to an activating group) is 1. The number of ether oxygens (including phenoxy) is 1. The predicted octanol–water partition coefficient (Wildman–Crippen LogP) is 4.45. The van der Waals surface area contributed by atoms with E-state index in [0.717, 1.165) is 5.92 Å². The number of rotatable bonds is 4. The van der Waals surface area contributed by atoms with E-state index >= 15 is 0 Å². The Bertz CT molecular complexity index is 325. The highest BCUT2D eigenvalue weighted by molar-refractivity contribution is 5.19. The van der Waals surface area contributed by atoms with Crippen LogP contribution in [-0.4, -0.2) is 25.8 Å². The number of allylic oxidation sites excluding steroid dienone is 1. The molecule has 3 atom stereocenters. The second-order valence-electron chi connectivity index (χ2n) is 6.92. The van der Waals surface area contributed by atoms with Crippen molar-refractivity contribution in [3.63, 3.8) is 0 Å². The molecule has 0 aromatic rings. The first-order valence-electron chi connectivity index (χ1n) is 8.63. The summed E-state index contributed by atoms with van der Waals surface area (Å²) in [4.78, 5) is 0. The smallest absolute Gasteiger partial charge is 0.0871 e. The Morgan fingerprint density at radius 1 is 1.25 bits per heavy atom. The molecule has 2 aliphatic rings. The van der Waals surface area contributed by atoms with Gasteiger partial charge in [-0.3, -0.25) is 0 Å². The fourth-order valence-electron chi connectivity index (χ4n) is 4.37. The normalized spacial score (nSPS) is 34.0. The fraction of sp³-hybridized carbons (Fsp3) is 0.889. The van der Waals surface area contributed by atoms with Gasteiger partial charge in [-0.05, 0) is 51.5 Å². The average Bonchev–Trinajstić information content (AvgIpc) is 2.41. The zero-order chi connectivity index (χ0) is 14.4. The van der Waals surface area contributed by atoms with E-state index in [1.165, 1.54) is 64.2 Å². The van der Waals surface area contributed by atoms with Gasteiger partial charge in [-0.15, -0.1) is 0 Å². The number of methoxy groups -OCH3 is 1. The van der Waals surface area contributed by atoms with E-state index in [9.17, 15) is 0 Å². The van der Waals surface area contributed by atoms with Crippen molar-refractivity contribution >= 4 is 0 Å². The van der Waals surface area contributed by atoms with E-state index in [-0.39, 0.29) is 5.60 Å². The molecule has 1 N–H and O–H groups in total. The molecule has 1 fully saturated rings. The molecule has 2 rings (SSSR count). The van der Waals surface area contributed by atoms with Crippen LogP contribution in [0.5, 0.6) is 0 Å². The molecule has 0 heterocycles. The third kappa shape index (κ3) is 3.65. The van der Waals surface area contributed by atoms with Crippen LogP contribution < -0.4 is 5.32 Å². The van der Waals surface area contributed by atoms with E-state index in [1.807, 2.05) is 7.11 Å². The summed E-state index contributed by atoms with van der Waals surface area (Å²) in [6.07, 6.45) is 15.6. The van der Waals surface area contributed by atoms with Crippen molar-refractivity contribution in [3.05, 3.63) is 11.6 Å². The largest absolute Gasteiger partial charge is 0.376 e. The summed E-state index contributed by atoms with van der Waals surface area (Å²) in [5.41, 5.74) is 1.64. The summed E-state index contributed by atoms with van der Waals surface area (Å²) < 4.78 is 6.12. The van der Waals surface area contributed by atoms with Crippen LogP contribution in [0.1, 0.15) is 71.1 Å². The minimum Gasteiger partial charge on any atom is -0.376 e. The average molecular weight is 279 g/mol. The quantitative estimate of drug-likeness (QED) is 0.768. The Kier molecular flexibility index (Phi) is 6.10. The molecule has 1 saturated carbocycles. The SMILES string of the molecule is CNC(C1=CCCCCCC1)C1(OC)CCCC(C)C1. The van der Waals surface area contributed by atoms with Crippen molar-refractivity contribution in [2.75, 3.05) is 14.2 Å². The molecule has 0 aromatic heterocycles. The maximum atomic E-state index is 6.12. The molecule has 2 aliphatic carbocycles. The third-order valence-corrected chi connectivity index (χ3v) is 5.41. The van der Waals surface area contributed by atoms with Crippen LogP contribution in [0.3, 0.4) is 0 Å². The first kappa shape index (κ1) is 16.0. The summed E-state index contributed by atoms with van der Waals surface area (Å²) in [6.45, 7) is 2.38. The molecule has 2 nitrogen and oxygen atoms in total. The maximum absolute atomic E-state index is 6.12.